The standard InChI is InChI=1S/C10H12FNO2/c1-6-3-4-7(5-8(6)11)10(2,12)9(13)14/h3-5H,12H2,1-2H3,(H,13,14). The third-order valence-corrected chi connectivity index (χ3v) is 2.22. The number of carbonyl (C=O) groups is 1. The zero-order valence-electron chi connectivity index (χ0n) is 8.04. The minimum Gasteiger partial charge on any atom is -0.480 e. The topological polar surface area (TPSA) is 63.3 Å². The van der Waals surface area contributed by atoms with Gasteiger partial charge in [-0.15, -0.1) is 0 Å². The number of halogens is 1. The van der Waals surface area contributed by atoms with E-state index >= 15 is 0 Å². The summed E-state index contributed by atoms with van der Waals surface area (Å²) in [6.07, 6.45) is 0. The van der Waals surface area contributed by atoms with E-state index in [2.05, 4.69) is 0 Å². The molecule has 0 spiro atoms. The van der Waals surface area contributed by atoms with E-state index in [0.29, 0.717) is 5.56 Å². The molecule has 14 heavy (non-hydrogen) atoms. The Morgan fingerprint density at radius 2 is 2.14 bits per heavy atom. The molecule has 0 aliphatic rings. The monoisotopic (exact) mass is 197 g/mol. The van der Waals surface area contributed by atoms with Gasteiger partial charge in [0, 0.05) is 0 Å². The third-order valence-electron chi connectivity index (χ3n) is 2.22. The van der Waals surface area contributed by atoms with E-state index < -0.39 is 17.3 Å². The van der Waals surface area contributed by atoms with Crippen LogP contribution in [0.15, 0.2) is 18.2 Å². The van der Waals surface area contributed by atoms with Crippen molar-refractivity contribution in [2.24, 2.45) is 5.73 Å². The fourth-order valence-electron chi connectivity index (χ4n) is 1.04. The highest BCUT2D eigenvalue weighted by atomic mass is 19.1. The van der Waals surface area contributed by atoms with E-state index in [1.807, 2.05) is 0 Å². The van der Waals surface area contributed by atoms with Crippen LogP contribution in [0.4, 0.5) is 4.39 Å². The lowest BCUT2D eigenvalue weighted by molar-refractivity contribution is -0.143. The number of nitrogens with two attached hydrogens (primary N) is 1. The van der Waals surface area contributed by atoms with Crippen molar-refractivity contribution < 1.29 is 14.3 Å². The van der Waals surface area contributed by atoms with Crippen LogP contribution in [0.1, 0.15) is 18.1 Å². The van der Waals surface area contributed by atoms with Crippen molar-refractivity contribution >= 4 is 5.97 Å². The van der Waals surface area contributed by atoms with Crippen molar-refractivity contribution in [3.8, 4) is 0 Å². The van der Waals surface area contributed by atoms with Gasteiger partial charge < -0.3 is 10.8 Å². The van der Waals surface area contributed by atoms with E-state index in [1.165, 1.54) is 19.1 Å². The fourth-order valence-corrected chi connectivity index (χ4v) is 1.04. The van der Waals surface area contributed by atoms with Gasteiger partial charge in [0.1, 0.15) is 11.4 Å². The maximum absolute atomic E-state index is 13.1. The number of hydrogen-bond donors (Lipinski definition) is 2. The predicted molar refractivity (Wildman–Crippen MR) is 50.3 cm³/mol. The predicted octanol–water partition coefficient (Wildman–Crippen LogP) is 1.39. The van der Waals surface area contributed by atoms with Crippen molar-refractivity contribution in [2.45, 2.75) is 19.4 Å². The van der Waals surface area contributed by atoms with E-state index in [9.17, 15) is 9.18 Å². The molecule has 0 aromatic heterocycles. The Morgan fingerprint density at radius 1 is 1.57 bits per heavy atom. The molecule has 0 saturated carbocycles. The van der Waals surface area contributed by atoms with Gasteiger partial charge >= 0.3 is 5.97 Å². The maximum atomic E-state index is 13.1. The number of rotatable bonds is 2. The summed E-state index contributed by atoms with van der Waals surface area (Å²) in [6.45, 7) is 2.94. The SMILES string of the molecule is Cc1ccc(C(C)(N)C(=O)O)cc1F. The van der Waals surface area contributed by atoms with Crippen LogP contribution >= 0.6 is 0 Å². The maximum Gasteiger partial charge on any atom is 0.328 e. The zero-order valence-corrected chi connectivity index (χ0v) is 8.04. The summed E-state index contributed by atoms with van der Waals surface area (Å²) in [5, 5.41) is 8.81. The van der Waals surface area contributed by atoms with E-state index in [-0.39, 0.29) is 5.56 Å². The molecule has 0 bridgehead atoms. The van der Waals surface area contributed by atoms with Gasteiger partial charge in [0.2, 0.25) is 0 Å². The van der Waals surface area contributed by atoms with Gasteiger partial charge in [0.15, 0.2) is 0 Å². The smallest absolute Gasteiger partial charge is 0.328 e. The molecule has 1 aromatic rings. The van der Waals surface area contributed by atoms with Crippen molar-refractivity contribution in [1.82, 2.24) is 0 Å². The van der Waals surface area contributed by atoms with Gasteiger partial charge in [-0.2, -0.15) is 0 Å². The molecule has 0 aliphatic heterocycles. The summed E-state index contributed by atoms with van der Waals surface area (Å²) < 4.78 is 13.1. The van der Waals surface area contributed by atoms with Crippen molar-refractivity contribution in [3.05, 3.63) is 35.1 Å². The summed E-state index contributed by atoms with van der Waals surface area (Å²) >= 11 is 0. The Balaban J connectivity index is 3.21. The lowest BCUT2D eigenvalue weighted by atomic mass is 9.92. The minimum atomic E-state index is -1.55. The molecule has 76 valence electrons. The summed E-state index contributed by atoms with van der Waals surface area (Å²) in [7, 11) is 0. The number of carboxylic acids is 1. The Bertz CT molecular complexity index is 374. The van der Waals surface area contributed by atoms with Gasteiger partial charge in [0.05, 0.1) is 0 Å². The highest BCUT2D eigenvalue weighted by Crippen LogP contribution is 2.20. The Labute approximate surface area is 81.4 Å². The summed E-state index contributed by atoms with van der Waals surface area (Å²) in [5.41, 5.74) is 4.71. The summed E-state index contributed by atoms with van der Waals surface area (Å²) in [6, 6.07) is 4.19. The molecule has 4 heteroatoms. The Kier molecular flexibility index (Phi) is 2.57. The average Bonchev–Trinajstić information content (AvgIpc) is 2.09. The van der Waals surface area contributed by atoms with E-state index in [0.717, 1.165) is 6.07 Å². The van der Waals surface area contributed by atoms with Gasteiger partial charge in [-0.25, -0.2) is 9.18 Å². The van der Waals surface area contributed by atoms with Crippen LogP contribution in [0, 0.1) is 12.7 Å². The second kappa shape index (κ2) is 3.38. The quantitative estimate of drug-likeness (QED) is 0.753. The average molecular weight is 197 g/mol. The molecular weight excluding hydrogens is 185 g/mol. The Morgan fingerprint density at radius 3 is 2.57 bits per heavy atom. The number of benzene rings is 1. The van der Waals surface area contributed by atoms with Crippen molar-refractivity contribution in [1.29, 1.82) is 0 Å². The highest BCUT2D eigenvalue weighted by molar-refractivity contribution is 5.79. The van der Waals surface area contributed by atoms with Crippen LogP contribution in [0.5, 0.6) is 0 Å². The summed E-state index contributed by atoms with van der Waals surface area (Å²) in [4.78, 5) is 10.8. The number of carboxylic acid groups (broad SMARTS) is 1. The van der Waals surface area contributed by atoms with Crippen LogP contribution in [-0.4, -0.2) is 11.1 Å². The van der Waals surface area contributed by atoms with Gasteiger partial charge in [0.25, 0.3) is 0 Å². The first-order valence-corrected chi connectivity index (χ1v) is 4.14. The van der Waals surface area contributed by atoms with Gasteiger partial charge in [-0.1, -0.05) is 12.1 Å². The lowest BCUT2D eigenvalue weighted by Crippen LogP contribution is -2.41. The first-order chi connectivity index (χ1) is 6.35. The first-order valence-electron chi connectivity index (χ1n) is 4.14. The molecule has 0 aliphatic carbocycles. The largest absolute Gasteiger partial charge is 0.480 e. The molecular formula is C10H12FNO2. The first kappa shape index (κ1) is 10.7. The van der Waals surface area contributed by atoms with Crippen LogP contribution in [-0.2, 0) is 10.3 Å². The minimum absolute atomic E-state index is 0.258. The number of aliphatic carboxylic acids is 1. The Hall–Kier alpha value is -1.42. The van der Waals surface area contributed by atoms with E-state index in [4.69, 9.17) is 10.8 Å². The molecule has 1 unspecified atom stereocenters. The van der Waals surface area contributed by atoms with Crippen LogP contribution in [0.2, 0.25) is 0 Å². The zero-order chi connectivity index (χ0) is 10.9. The van der Waals surface area contributed by atoms with Gasteiger partial charge in [-0.05, 0) is 31.0 Å². The third kappa shape index (κ3) is 1.75. The van der Waals surface area contributed by atoms with Crippen LogP contribution in [0.3, 0.4) is 0 Å². The molecule has 0 heterocycles. The highest BCUT2D eigenvalue weighted by Gasteiger charge is 2.30. The number of hydrogen-bond acceptors (Lipinski definition) is 2. The van der Waals surface area contributed by atoms with Crippen LogP contribution < -0.4 is 5.73 Å². The normalized spacial score (nSPS) is 14.9. The number of aryl methyl sites for hydroxylation is 1. The van der Waals surface area contributed by atoms with Crippen molar-refractivity contribution in [3.63, 3.8) is 0 Å². The fraction of sp³-hybridized carbons (Fsp3) is 0.300. The second-order valence-electron chi connectivity index (χ2n) is 3.47. The second-order valence-corrected chi connectivity index (χ2v) is 3.47. The van der Waals surface area contributed by atoms with Gasteiger partial charge in [-0.3, -0.25) is 0 Å². The van der Waals surface area contributed by atoms with Crippen LogP contribution in [0.25, 0.3) is 0 Å². The molecule has 1 atom stereocenters. The molecule has 0 amide bonds. The molecule has 3 nitrogen and oxygen atoms in total. The molecule has 0 fully saturated rings. The molecule has 1 aromatic carbocycles. The lowest BCUT2D eigenvalue weighted by Gasteiger charge is -2.19. The summed E-state index contributed by atoms with van der Waals surface area (Å²) in [5.74, 6) is -1.62. The molecule has 3 N–H and O–H groups in total. The molecule has 1 rings (SSSR count). The van der Waals surface area contributed by atoms with Crippen molar-refractivity contribution in [2.75, 3.05) is 0 Å². The molecule has 0 saturated heterocycles. The van der Waals surface area contributed by atoms with E-state index in [1.54, 1.807) is 6.92 Å². The molecule has 0 radical (unpaired) electrons.